The van der Waals surface area contributed by atoms with Crippen molar-refractivity contribution in [1.29, 1.82) is 0 Å². The maximum Gasteiger partial charge on any atom is 0.248 e. The number of likely N-dealkylation sites (N-methyl/N-ethyl adjacent to an activating group) is 1. The third-order valence-electron chi connectivity index (χ3n) is 5.22. The highest BCUT2D eigenvalue weighted by Gasteiger charge is 2.44. The Kier molecular flexibility index (Phi) is 4.87. The van der Waals surface area contributed by atoms with Crippen molar-refractivity contribution < 1.29 is 14.6 Å². The first-order valence-electron chi connectivity index (χ1n) is 8.52. The molecule has 1 unspecified atom stereocenters. The molecule has 2 aliphatic heterocycles. The zero-order chi connectivity index (χ0) is 16.3. The molecule has 2 heterocycles. The Bertz CT molecular complexity index is 526. The highest BCUT2D eigenvalue weighted by Crippen LogP contribution is 2.38. The number of para-hydroxylation sites is 1. The van der Waals surface area contributed by atoms with Crippen LogP contribution in [-0.2, 0) is 9.53 Å². The Balaban J connectivity index is 1.63. The summed E-state index contributed by atoms with van der Waals surface area (Å²) in [5.41, 5.74) is 1.15. The molecule has 5 heteroatoms. The fraction of sp³-hybridized carbons (Fsp3) is 0.611. The zero-order valence-corrected chi connectivity index (χ0v) is 13.8. The molecule has 0 bridgehead atoms. The summed E-state index contributed by atoms with van der Waals surface area (Å²) in [7, 11) is 0. The van der Waals surface area contributed by atoms with Crippen molar-refractivity contribution >= 4 is 11.6 Å². The van der Waals surface area contributed by atoms with Gasteiger partial charge in [-0.25, -0.2) is 0 Å². The van der Waals surface area contributed by atoms with Gasteiger partial charge in [-0.3, -0.25) is 4.79 Å². The van der Waals surface area contributed by atoms with Crippen LogP contribution in [0, 0.1) is 0 Å². The van der Waals surface area contributed by atoms with Crippen molar-refractivity contribution in [1.82, 2.24) is 4.90 Å². The van der Waals surface area contributed by atoms with Gasteiger partial charge in [0.15, 0.2) is 0 Å². The third kappa shape index (κ3) is 3.35. The Morgan fingerprint density at radius 2 is 2.04 bits per heavy atom. The van der Waals surface area contributed by atoms with E-state index >= 15 is 0 Å². The quantitative estimate of drug-likeness (QED) is 0.917. The standard InChI is InChI=1S/C18H26N2O3/c1-2-20(15-6-4-3-5-7-15)16-12-18(23-14-16)8-10-19(11-9-18)17(22)13-21/h3-7,16,21H,2,8-14H2,1H3. The van der Waals surface area contributed by atoms with Gasteiger partial charge < -0.3 is 19.6 Å². The molecule has 1 aromatic rings. The SMILES string of the molecule is CCN(c1ccccc1)C1COC2(CCN(C(=O)CO)CC2)C1. The minimum atomic E-state index is -0.395. The maximum atomic E-state index is 11.6. The van der Waals surface area contributed by atoms with Gasteiger partial charge in [0.2, 0.25) is 5.91 Å². The average Bonchev–Trinajstić information content (AvgIpc) is 3.00. The fourth-order valence-electron chi connectivity index (χ4n) is 3.90. The smallest absolute Gasteiger partial charge is 0.248 e. The summed E-state index contributed by atoms with van der Waals surface area (Å²) in [5.74, 6) is -0.172. The van der Waals surface area contributed by atoms with Gasteiger partial charge in [0.25, 0.3) is 0 Å². The van der Waals surface area contributed by atoms with Crippen molar-refractivity contribution in [2.75, 3.05) is 37.7 Å². The first-order valence-corrected chi connectivity index (χ1v) is 8.52. The first kappa shape index (κ1) is 16.3. The predicted molar refractivity (Wildman–Crippen MR) is 89.4 cm³/mol. The molecule has 2 saturated heterocycles. The largest absolute Gasteiger partial charge is 0.387 e. The number of nitrogens with zero attached hydrogens (tertiary/aromatic N) is 2. The lowest BCUT2D eigenvalue weighted by Gasteiger charge is -2.39. The van der Waals surface area contributed by atoms with Crippen LogP contribution in [0.4, 0.5) is 5.69 Å². The molecule has 5 nitrogen and oxygen atoms in total. The van der Waals surface area contributed by atoms with Crippen LogP contribution in [0.1, 0.15) is 26.2 Å². The average molecular weight is 318 g/mol. The number of amides is 1. The number of carbonyl (C=O) groups excluding carboxylic acids is 1. The summed E-state index contributed by atoms with van der Waals surface area (Å²) in [4.78, 5) is 15.8. The summed E-state index contributed by atoms with van der Waals surface area (Å²) >= 11 is 0. The van der Waals surface area contributed by atoms with E-state index in [0.717, 1.165) is 32.4 Å². The van der Waals surface area contributed by atoms with E-state index in [0.29, 0.717) is 19.1 Å². The van der Waals surface area contributed by atoms with E-state index in [9.17, 15) is 4.79 Å². The van der Waals surface area contributed by atoms with Crippen LogP contribution in [-0.4, -0.2) is 60.4 Å². The lowest BCUT2D eigenvalue weighted by Crippen LogP contribution is -2.47. The molecule has 23 heavy (non-hydrogen) atoms. The van der Waals surface area contributed by atoms with Crippen molar-refractivity contribution in [3.8, 4) is 0 Å². The molecule has 0 radical (unpaired) electrons. The molecule has 1 aromatic carbocycles. The molecule has 3 rings (SSSR count). The van der Waals surface area contributed by atoms with Crippen LogP contribution in [0.3, 0.4) is 0 Å². The minimum absolute atomic E-state index is 0.0981. The number of ether oxygens (including phenoxy) is 1. The first-order chi connectivity index (χ1) is 11.2. The molecule has 0 saturated carbocycles. The molecular formula is C18H26N2O3. The van der Waals surface area contributed by atoms with Gasteiger partial charge >= 0.3 is 0 Å². The molecule has 1 spiro atoms. The van der Waals surface area contributed by atoms with Crippen LogP contribution in [0.2, 0.25) is 0 Å². The molecule has 1 N–H and O–H groups in total. The summed E-state index contributed by atoms with van der Waals surface area (Å²) < 4.78 is 6.22. The van der Waals surface area contributed by atoms with Gasteiger partial charge in [-0.05, 0) is 38.3 Å². The summed E-state index contributed by atoms with van der Waals surface area (Å²) in [6, 6.07) is 10.9. The number of hydrogen-bond donors (Lipinski definition) is 1. The number of rotatable bonds is 4. The van der Waals surface area contributed by atoms with Crippen LogP contribution < -0.4 is 4.90 Å². The topological polar surface area (TPSA) is 53.0 Å². The van der Waals surface area contributed by atoms with E-state index in [2.05, 4.69) is 36.1 Å². The summed E-state index contributed by atoms with van der Waals surface area (Å²) in [6.45, 7) is 4.86. The molecule has 0 aromatic heterocycles. The lowest BCUT2D eigenvalue weighted by atomic mass is 9.87. The summed E-state index contributed by atoms with van der Waals surface area (Å²) in [5, 5.41) is 8.99. The second-order valence-corrected chi connectivity index (χ2v) is 6.51. The number of aliphatic hydroxyl groups excluding tert-OH is 1. The molecule has 1 amide bonds. The van der Waals surface area contributed by atoms with Crippen molar-refractivity contribution in [2.24, 2.45) is 0 Å². The fourth-order valence-corrected chi connectivity index (χ4v) is 3.90. The summed E-state index contributed by atoms with van der Waals surface area (Å²) in [6.07, 6.45) is 2.74. The van der Waals surface area contributed by atoms with E-state index in [1.165, 1.54) is 5.69 Å². The van der Waals surface area contributed by atoms with Crippen LogP contribution in [0.25, 0.3) is 0 Å². The van der Waals surface area contributed by atoms with Gasteiger partial charge in [-0.1, -0.05) is 18.2 Å². The van der Waals surface area contributed by atoms with Crippen molar-refractivity contribution in [2.45, 2.75) is 37.8 Å². The molecule has 126 valence electrons. The van der Waals surface area contributed by atoms with Crippen LogP contribution in [0.15, 0.2) is 30.3 Å². The van der Waals surface area contributed by atoms with Gasteiger partial charge in [0.05, 0.1) is 18.2 Å². The number of carbonyl (C=O) groups is 1. The van der Waals surface area contributed by atoms with Gasteiger partial charge in [0.1, 0.15) is 6.61 Å². The minimum Gasteiger partial charge on any atom is -0.387 e. The van der Waals surface area contributed by atoms with Gasteiger partial charge in [-0.2, -0.15) is 0 Å². The number of aliphatic hydroxyl groups is 1. The van der Waals surface area contributed by atoms with E-state index < -0.39 is 6.61 Å². The van der Waals surface area contributed by atoms with Crippen molar-refractivity contribution in [3.05, 3.63) is 30.3 Å². The highest BCUT2D eigenvalue weighted by molar-refractivity contribution is 5.77. The number of likely N-dealkylation sites (tertiary alicyclic amines) is 1. The van der Waals surface area contributed by atoms with Gasteiger partial charge in [-0.15, -0.1) is 0 Å². The van der Waals surface area contributed by atoms with Gasteiger partial charge in [0, 0.05) is 25.3 Å². The number of hydrogen-bond acceptors (Lipinski definition) is 4. The Labute approximate surface area is 137 Å². The maximum absolute atomic E-state index is 11.6. The van der Waals surface area contributed by atoms with E-state index in [1.807, 2.05) is 6.07 Å². The number of piperidine rings is 1. The van der Waals surface area contributed by atoms with Crippen molar-refractivity contribution in [3.63, 3.8) is 0 Å². The number of anilines is 1. The lowest BCUT2D eigenvalue weighted by molar-refractivity contribution is -0.138. The second kappa shape index (κ2) is 6.89. The second-order valence-electron chi connectivity index (χ2n) is 6.51. The third-order valence-corrected chi connectivity index (χ3v) is 5.22. The molecule has 2 fully saturated rings. The zero-order valence-electron chi connectivity index (χ0n) is 13.8. The van der Waals surface area contributed by atoms with Crippen LogP contribution in [0.5, 0.6) is 0 Å². The normalized spacial score (nSPS) is 23.2. The Hall–Kier alpha value is -1.59. The highest BCUT2D eigenvalue weighted by atomic mass is 16.5. The Morgan fingerprint density at radius 3 is 2.65 bits per heavy atom. The molecular weight excluding hydrogens is 292 g/mol. The van der Waals surface area contributed by atoms with E-state index in [4.69, 9.17) is 9.84 Å². The van der Waals surface area contributed by atoms with E-state index in [-0.39, 0.29) is 11.5 Å². The number of benzene rings is 1. The molecule has 0 aliphatic carbocycles. The predicted octanol–water partition coefficient (Wildman–Crippen LogP) is 1.66. The Morgan fingerprint density at radius 1 is 1.35 bits per heavy atom. The van der Waals surface area contributed by atoms with E-state index in [1.54, 1.807) is 4.90 Å². The van der Waals surface area contributed by atoms with Crippen LogP contribution >= 0.6 is 0 Å². The molecule has 1 atom stereocenters. The molecule has 2 aliphatic rings. The monoisotopic (exact) mass is 318 g/mol.